The van der Waals surface area contributed by atoms with E-state index in [1.54, 1.807) is 0 Å². The van der Waals surface area contributed by atoms with Gasteiger partial charge < -0.3 is 39.4 Å². The van der Waals surface area contributed by atoms with Gasteiger partial charge in [0.2, 0.25) is 0 Å². The summed E-state index contributed by atoms with van der Waals surface area (Å²) in [6, 6.07) is 89.6. The van der Waals surface area contributed by atoms with Crippen LogP contribution in [0.4, 0.5) is 0 Å². The minimum atomic E-state index is 0. The molecule has 0 radical (unpaired) electrons. The quantitative estimate of drug-likeness (QED) is 0.0462. The van der Waals surface area contributed by atoms with Gasteiger partial charge in [-0.2, -0.15) is 123 Å². The molecule has 0 fully saturated rings. The monoisotopic (exact) mass is 1780 g/mol. The summed E-state index contributed by atoms with van der Waals surface area (Å²) in [7, 11) is 0. The van der Waals surface area contributed by atoms with Crippen LogP contribution in [0, 0.1) is 34.6 Å². The van der Waals surface area contributed by atoms with Crippen LogP contribution in [0.15, 0.2) is 295 Å². The maximum absolute atomic E-state index is 11.5. The predicted molar refractivity (Wildman–Crippen MR) is 522 cm³/mol. The summed E-state index contributed by atoms with van der Waals surface area (Å²) < 4.78 is 7.86. The molecule has 10 nitrogen and oxygen atoms in total. The standard InChI is InChI=1S/2C27H36N3.C14H21N2.C7H14N2.5C7H7.2Zr/c2*1-17(2)21-11-9-12-22(18(3)4)25(21)29-15-16-30(27(29)28)26-23(19(5)6)13-10-14-24(26)20(7)8;1-11(2)15-14(16-12(3)4)10-13-8-6-5-7-9-13;1-6(2)8-5-9-7(3)4;5*1-7-5-3-2-4-6-7;;/h2*9-20H,1-8H3;5-9,11-12H,10H2,1-4H3;6-7H,1-4H3;5*2-6H,1H2;;/q3*-1;;5*-1;2*+4. The van der Waals surface area contributed by atoms with E-state index in [0.29, 0.717) is 71.5 Å². The van der Waals surface area contributed by atoms with Crippen LogP contribution in [0.3, 0.4) is 0 Å². The van der Waals surface area contributed by atoms with E-state index in [4.69, 9.17) is 0 Å². The Balaban J connectivity index is 0.000000501. The minimum Gasteiger partial charge on any atom is -0.466 e. The Morgan fingerprint density at radius 3 is 0.615 bits per heavy atom. The second-order valence-corrected chi connectivity index (χ2v) is 33.6. The molecule has 0 N–H and O–H groups in total. The van der Waals surface area contributed by atoms with Gasteiger partial charge in [-0.05, 0) is 191 Å². The van der Waals surface area contributed by atoms with E-state index in [-0.39, 0.29) is 63.6 Å². The molecule has 122 heavy (non-hydrogen) atoms. The number of nitrogens with zero attached hydrogens (tertiary/aromatic N) is 10. The molecule has 0 saturated heterocycles. The first kappa shape index (κ1) is 108. The third-order valence-corrected chi connectivity index (χ3v) is 18.8. The Kier molecular flexibility index (Phi) is 51.0. The third-order valence-electron chi connectivity index (χ3n) is 18.8. The van der Waals surface area contributed by atoms with Crippen LogP contribution in [0.2, 0.25) is 0 Å². The molecule has 0 aliphatic carbocycles. The summed E-state index contributed by atoms with van der Waals surface area (Å²) >= 11 is 0. The zero-order chi connectivity index (χ0) is 89.1. The molecule has 0 unspecified atom stereocenters. The maximum atomic E-state index is 11.5. The van der Waals surface area contributed by atoms with Crippen LogP contribution in [-0.4, -0.2) is 54.3 Å². The number of aromatic nitrogens is 4. The van der Waals surface area contributed by atoms with Crippen molar-refractivity contribution in [2.24, 2.45) is 15.0 Å². The Labute approximate surface area is 777 Å². The smallest absolute Gasteiger partial charge is 0.466 e. The second-order valence-electron chi connectivity index (χ2n) is 33.6. The molecule has 0 amide bonds. The number of benzene rings is 10. The molecule has 12 rings (SSSR count). The van der Waals surface area contributed by atoms with Gasteiger partial charge in [-0.25, -0.2) is 9.98 Å². The fourth-order valence-electron chi connectivity index (χ4n) is 12.8. The number of amidine groups is 1. The Morgan fingerprint density at radius 1 is 0.279 bits per heavy atom. The largest absolute Gasteiger partial charge is 4.00 e. The van der Waals surface area contributed by atoms with Crippen molar-refractivity contribution < 1.29 is 52.4 Å². The van der Waals surface area contributed by atoms with E-state index in [0.717, 1.165) is 62.8 Å². The summed E-state index contributed by atoms with van der Waals surface area (Å²) in [6.07, 6.45) is 8.84. The topological polar surface area (TPSA) is 116 Å². The van der Waals surface area contributed by atoms with Crippen molar-refractivity contribution in [1.29, 1.82) is 0 Å². The average molecular weight is 1790 g/mol. The fourth-order valence-corrected chi connectivity index (χ4v) is 12.8. The molecule has 0 aliphatic heterocycles. The molecule has 2 aromatic heterocycles. The average Bonchev–Trinajstić information content (AvgIpc) is 1.60. The molecule has 2 heterocycles. The first-order valence-corrected chi connectivity index (χ1v) is 42.9. The normalized spacial score (nSPS) is 10.7. The van der Waals surface area contributed by atoms with E-state index in [2.05, 4.69) is 296 Å². The molecule has 12 heteroatoms. The molecule has 0 aliphatic rings. The van der Waals surface area contributed by atoms with E-state index >= 15 is 0 Å². The number of hydrogen-bond acceptors (Lipinski definition) is 3. The van der Waals surface area contributed by atoms with Crippen LogP contribution in [-0.2, 0) is 58.8 Å². The molecular formula is C110H142N10Zr2. The Bertz CT molecular complexity index is 4380. The Morgan fingerprint density at radius 2 is 0.467 bits per heavy atom. The van der Waals surface area contributed by atoms with E-state index in [9.17, 15) is 10.8 Å². The van der Waals surface area contributed by atoms with Gasteiger partial charge in [0, 0.05) is 11.2 Å². The molecule has 0 spiro atoms. The number of para-hydroxylation sites is 4. The van der Waals surface area contributed by atoms with Gasteiger partial charge in [-0.15, -0.1) is 60.7 Å². The summed E-state index contributed by atoms with van der Waals surface area (Å²) in [5, 5.41) is 27.5. The number of imidazole rings is 2. The van der Waals surface area contributed by atoms with E-state index < -0.39 is 0 Å². The summed E-state index contributed by atoms with van der Waals surface area (Å²) in [4.78, 5) is 12.5. The van der Waals surface area contributed by atoms with Crippen LogP contribution in [0.1, 0.15) is 291 Å². The molecule has 640 valence electrons. The fraction of sp³-hybridized carbons (Fsp3) is 0.336. The third kappa shape index (κ3) is 37.9. The van der Waals surface area contributed by atoms with Gasteiger partial charge in [-0.3, -0.25) is 0 Å². The summed E-state index contributed by atoms with van der Waals surface area (Å²) in [5.74, 6) is 3.87. The van der Waals surface area contributed by atoms with Crippen molar-refractivity contribution in [3.63, 3.8) is 0 Å². The van der Waals surface area contributed by atoms with Gasteiger partial charge in [0.15, 0.2) is 0 Å². The van der Waals surface area contributed by atoms with Gasteiger partial charge in [0.05, 0.1) is 18.1 Å². The van der Waals surface area contributed by atoms with E-state index in [1.807, 2.05) is 228 Å². The van der Waals surface area contributed by atoms with Crippen molar-refractivity contribution in [3.05, 3.63) is 419 Å². The summed E-state index contributed by atoms with van der Waals surface area (Å²) in [6.45, 7) is 70.3. The van der Waals surface area contributed by atoms with Crippen molar-refractivity contribution in [1.82, 2.24) is 18.3 Å². The first-order valence-electron chi connectivity index (χ1n) is 42.9. The SMILES string of the molecule is CC(C)N=C(Cc1ccccc1)[N-]C(C)C.CC(C)N=C=NC(C)C.CC(C)c1cccc(C(C)C)c1-n1ccn(-c2c(C(C)C)cccc2C(C)C)c1=[N-].CC(C)c1cccc(C(C)C)c1-n1ccn(-c2c(C(C)C)cccc2C(C)C)c1=[N-].[CH2-]c1ccccc1.[CH2-]c1ccccc1.[CH2-]c1ccccc1.[CH2-]c1ccccc1.[CH2-]c1ccccc1.[Zr+4].[Zr+4]. The zero-order valence-electron chi connectivity index (χ0n) is 78.2. The van der Waals surface area contributed by atoms with Crippen molar-refractivity contribution in [2.75, 3.05) is 0 Å². The molecule has 0 saturated carbocycles. The minimum absolute atomic E-state index is 0. The van der Waals surface area contributed by atoms with Gasteiger partial charge in [-0.1, -0.05) is 278 Å². The first-order chi connectivity index (χ1) is 57.0. The van der Waals surface area contributed by atoms with Gasteiger partial charge in [0.25, 0.3) is 0 Å². The number of hydrogen-bond donors (Lipinski definition) is 0. The Hall–Kier alpha value is -9.81. The van der Waals surface area contributed by atoms with Crippen LogP contribution in [0.5, 0.6) is 0 Å². The maximum Gasteiger partial charge on any atom is 4.00 e. The van der Waals surface area contributed by atoms with Crippen LogP contribution >= 0.6 is 0 Å². The van der Waals surface area contributed by atoms with Crippen molar-refractivity contribution >= 4 is 11.8 Å². The number of rotatable bonds is 18. The molecule has 10 aromatic carbocycles. The molecule has 0 bridgehead atoms. The summed E-state index contributed by atoms with van der Waals surface area (Å²) in [5.41, 5.74) is 21.5. The molecule has 0 atom stereocenters. The predicted octanol–water partition coefficient (Wildman–Crippen LogP) is 29.6. The van der Waals surface area contributed by atoms with Crippen LogP contribution in [0.25, 0.3) is 38.9 Å². The number of aliphatic imine (C=N–C) groups is 3. The van der Waals surface area contributed by atoms with Crippen LogP contribution < -0.4 is 11.2 Å². The molecular weight excluding hydrogens is 1640 g/mol. The van der Waals surface area contributed by atoms with Gasteiger partial charge >= 0.3 is 52.4 Å². The van der Waals surface area contributed by atoms with Crippen molar-refractivity contribution in [3.8, 4) is 22.7 Å². The van der Waals surface area contributed by atoms with E-state index in [1.165, 1.54) is 50.1 Å². The molecule has 12 aromatic rings. The second kappa shape index (κ2) is 57.5. The zero-order valence-corrected chi connectivity index (χ0v) is 83.1. The van der Waals surface area contributed by atoms with Crippen molar-refractivity contribution in [2.45, 2.75) is 244 Å². The van der Waals surface area contributed by atoms with Gasteiger partial charge in [0.1, 0.15) is 0 Å².